The predicted octanol–water partition coefficient (Wildman–Crippen LogP) is 4.54. The number of hydrazine groups is 1. The van der Waals surface area contributed by atoms with Crippen molar-refractivity contribution < 1.29 is 4.74 Å². The Labute approximate surface area is 159 Å². The number of piperidine rings is 1. The maximum Gasteiger partial charge on any atom is 0.119 e. The summed E-state index contributed by atoms with van der Waals surface area (Å²) in [5, 5.41) is 4.74. The molecule has 3 rings (SSSR count). The van der Waals surface area contributed by atoms with Gasteiger partial charge in [-0.3, -0.25) is 10.0 Å². The van der Waals surface area contributed by atoms with E-state index in [-0.39, 0.29) is 0 Å². The van der Waals surface area contributed by atoms with Gasteiger partial charge in [-0.05, 0) is 75.5 Å². The van der Waals surface area contributed by atoms with Crippen molar-refractivity contribution in [3.8, 4) is 5.75 Å². The fourth-order valence-electron chi connectivity index (χ4n) is 3.82. The molecule has 0 radical (unpaired) electrons. The van der Waals surface area contributed by atoms with Crippen molar-refractivity contribution in [2.45, 2.75) is 46.5 Å². The van der Waals surface area contributed by atoms with E-state index in [4.69, 9.17) is 4.74 Å². The number of rotatable bonds is 8. The molecule has 2 aliphatic heterocycles. The molecule has 0 bridgehead atoms. The van der Waals surface area contributed by atoms with Crippen LogP contribution in [-0.4, -0.2) is 49.2 Å². The van der Waals surface area contributed by atoms with Gasteiger partial charge in [-0.2, -0.15) is 0 Å². The predicted molar refractivity (Wildman–Crippen MR) is 109 cm³/mol. The number of anilines is 1. The van der Waals surface area contributed by atoms with Gasteiger partial charge in [-0.25, -0.2) is 0 Å². The molecular formula is C22H35N3O. The Bertz CT molecular complexity index is 576. The zero-order chi connectivity index (χ0) is 18.4. The number of likely N-dealkylation sites (tertiary alicyclic amines) is 1. The summed E-state index contributed by atoms with van der Waals surface area (Å²) >= 11 is 0. The van der Waals surface area contributed by atoms with Crippen molar-refractivity contribution in [2.24, 2.45) is 5.92 Å². The lowest BCUT2D eigenvalue weighted by Crippen LogP contribution is -2.39. The van der Waals surface area contributed by atoms with Crippen LogP contribution in [0.3, 0.4) is 0 Å². The summed E-state index contributed by atoms with van der Waals surface area (Å²) in [5.74, 6) is 1.62. The zero-order valence-corrected chi connectivity index (χ0v) is 16.8. The Morgan fingerprint density at radius 1 is 1.04 bits per heavy atom. The fraction of sp³-hybridized carbons (Fsp3) is 0.636. The molecule has 0 unspecified atom stereocenters. The maximum absolute atomic E-state index is 5.96. The van der Waals surface area contributed by atoms with Crippen LogP contribution in [-0.2, 0) is 0 Å². The second kappa shape index (κ2) is 9.31. The number of hydrogen-bond acceptors (Lipinski definition) is 4. The van der Waals surface area contributed by atoms with E-state index in [0.717, 1.165) is 31.9 Å². The Morgan fingerprint density at radius 2 is 1.77 bits per heavy atom. The van der Waals surface area contributed by atoms with Crippen molar-refractivity contribution in [3.63, 3.8) is 0 Å². The average Bonchev–Trinajstić information content (AvgIpc) is 3.00. The van der Waals surface area contributed by atoms with Gasteiger partial charge in [0.15, 0.2) is 0 Å². The standard InChI is InChI=1S/C22H35N3O/c1-19(2)18-25-20(3)12-16-24(25)21-8-10-22(11-9-21)26-17-7-15-23-13-5-4-6-14-23/h8-12,19H,4-7,13-18H2,1-3H3. The van der Waals surface area contributed by atoms with E-state index in [1.807, 2.05) is 0 Å². The molecule has 2 heterocycles. The minimum absolute atomic E-state index is 0.640. The van der Waals surface area contributed by atoms with Gasteiger partial charge in [0.2, 0.25) is 0 Å². The molecule has 1 aromatic carbocycles. The lowest BCUT2D eigenvalue weighted by atomic mass is 10.1. The molecule has 1 fully saturated rings. The largest absolute Gasteiger partial charge is 0.494 e. The molecule has 0 amide bonds. The summed E-state index contributed by atoms with van der Waals surface area (Å²) in [4.78, 5) is 2.57. The van der Waals surface area contributed by atoms with Gasteiger partial charge in [0.05, 0.1) is 18.8 Å². The molecule has 1 aromatic rings. The molecular weight excluding hydrogens is 322 g/mol. The van der Waals surface area contributed by atoms with E-state index in [1.54, 1.807) is 0 Å². The van der Waals surface area contributed by atoms with Crippen LogP contribution in [0.2, 0.25) is 0 Å². The van der Waals surface area contributed by atoms with E-state index in [9.17, 15) is 0 Å². The van der Waals surface area contributed by atoms with E-state index in [1.165, 1.54) is 50.3 Å². The Kier molecular flexibility index (Phi) is 6.84. The normalized spacial score (nSPS) is 18.5. The monoisotopic (exact) mass is 357 g/mol. The van der Waals surface area contributed by atoms with Crippen LogP contribution in [0.5, 0.6) is 5.75 Å². The van der Waals surface area contributed by atoms with Crippen LogP contribution in [0.1, 0.15) is 46.5 Å². The summed E-state index contributed by atoms with van der Waals surface area (Å²) in [6.45, 7) is 13.2. The Balaban J connectivity index is 1.45. The van der Waals surface area contributed by atoms with Gasteiger partial charge in [0, 0.05) is 18.8 Å². The molecule has 2 aliphatic rings. The quantitative estimate of drug-likeness (QED) is 0.636. The highest BCUT2D eigenvalue weighted by Gasteiger charge is 2.22. The highest BCUT2D eigenvalue weighted by atomic mass is 16.5. The van der Waals surface area contributed by atoms with Gasteiger partial charge in [0.25, 0.3) is 0 Å². The second-order valence-corrected chi connectivity index (χ2v) is 8.00. The molecule has 26 heavy (non-hydrogen) atoms. The minimum atomic E-state index is 0.640. The second-order valence-electron chi connectivity index (χ2n) is 8.00. The van der Waals surface area contributed by atoms with Gasteiger partial charge in [0.1, 0.15) is 5.75 Å². The molecule has 4 heteroatoms. The van der Waals surface area contributed by atoms with Crippen LogP contribution < -0.4 is 9.75 Å². The molecule has 0 aliphatic carbocycles. The first kappa shape index (κ1) is 19.1. The first-order chi connectivity index (χ1) is 12.6. The summed E-state index contributed by atoms with van der Waals surface area (Å²) in [6, 6.07) is 8.58. The van der Waals surface area contributed by atoms with E-state index >= 15 is 0 Å². The van der Waals surface area contributed by atoms with Gasteiger partial charge < -0.3 is 9.64 Å². The van der Waals surface area contributed by atoms with Crippen LogP contribution in [0.4, 0.5) is 5.69 Å². The summed E-state index contributed by atoms with van der Waals surface area (Å²) in [5.41, 5.74) is 2.58. The van der Waals surface area contributed by atoms with Crippen LogP contribution in [0, 0.1) is 5.92 Å². The van der Waals surface area contributed by atoms with E-state index < -0.39 is 0 Å². The highest BCUT2D eigenvalue weighted by molar-refractivity contribution is 5.50. The SMILES string of the molecule is CC1=CCN(c2ccc(OCCCN3CCCCC3)cc2)N1CC(C)C. The van der Waals surface area contributed by atoms with Gasteiger partial charge >= 0.3 is 0 Å². The van der Waals surface area contributed by atoms with Crippen LogP contribution in [0.15, 0.2) is 36.0 Å². The first-order valence-corrected chi connectivity index (χ1v) is 10.3. The summed E-state index contributed by atoms with van der Waals surface area (Å²) in [6.07, 6.45) is 7.54. The lowest BCUT2D eigenvalue weighted by molar-refractivity contribution is 0.205. The van der Waals surface area contributed by atoms with Gasteiger partial charge in [-0.15, -0.1) is 0 Å². The molecule has 144 valence electrons. The topological polar surface area (TPSA) is 19.0 Å². The molecule has 4 nitrogen and oxygen atoms in total. The number of benzene rings is 1. The number of ether oxygens (including phenoxy) is 1. The molecule has 0 N–H and O–H groups in total. The van der Waals surface area contributed by atoms with Crippen molar-refractivity contribution in [1.82, 2.24) is 9.91 Å². The third-order valence-corrected chi connectivity index (χ3v) is 5.27. The smallest absolute Gasteiger partial charge is 0.119 e. The van der Waals surface area contributed by atoms with Crippen molar-refractivity contribution in [2.75, 3.05) is 44.3 Å². The first-order valence-electron chi connectivity index (χ1n) is 10.3. The molecule has 0 saturated carbocycles. The molecule has 0 spiro atoms. The van der Waals surface area contributed by atoms with E-state index in [2.05, 4.69) is 66.0 Å². The van der Waals surface area contributed by atoms with Crippen molar-refractivity contribution >= 4 is 5.69 Å². The Hall–Kier alpha value is -1.68. The minimum Gasteiger partial charge on any atom is -0.494 e. The highest BCUT2D eigenvalue weighted by Crippen LogP contribution is 2.27. The number of hydrogen-bond donors (Lipinski definition) is 0. The van der Waals surface area contributed by atoms with E-state index in [0.29, 0.717) is 5.92 Å². The third-order valence-electron chi connectivity index (χ3n) is 5.27. The molecule has 1 saturated heterocycles. The number of allylic oxidation sites excluding steroid dienone is 1. The average molecular weight is 358 g/mol. The summed E-state index contributed by atoms with van der Waals surface area (Å²) < 4.78 is 5.96. The van der Waals surface area contributed by atoms with Crippen molar-refractivity contribution in [3.05, 3.63) is 36.0 Å². The molecule has 0 aromatic heterocycles. The summed E-state index contributed by atoms with van der Waals surface area (Å²) in [7, 11) is 0. The fourth-order valence-corrected chi connectivity index (χ4v) is 3.82. The van der Waals surface area contributed by atoms with Crippen LogP contribution >= 0.6 is 0 Å². The van der Waals surface area contributed by atoms with Crippen LogP contribution in [0.25, 0.3) is 0 Å². The maximum atomic E-state index is 5.96. The molecule has 0 atom stereocenters. The zero-order valence-electron chi connectivity index (χ0n) is 16.8. The third kappa shape index (κ3) is 5.16. The van der Waals surface area contributed by atoms with Crippen molar-refractivity contribution in [1.29, 1.82) is 0 Å². The van der Waals surface area contributed by atoms with Gasteiger partial charge in [-0.1, -0.05) is 20.3 Å². The number of nitrogens with zero attached hydrogens (tertiary/aromatic N) is 3. The lowest BCUT2D eigenvalue weighted by Gasteiger charge is -2.34. The Morgan fingerprint density at radius 3 is 2.46 bits per heavy atom.